The van der Waals surface area contributed by atoms with Crippen LogP contribution in [0.2, 0.25) is 0 Å². The second kappa shape index (κ2) is 9.19. The Bertz CT molecular complexity index is 1260. The predicted octanol–water partition coefficient (Wildman–Crippen LogP) is 2.72. The fourth-order valence-electron chi connectivity index (χ4n) is 5.80. The van der Waals surface area contributed by atoms with Crippen LogP contribution in [0.1, 0.15) is 42.4 Å². The fraction of sp³-hybridized carbons (Fsp3) is 0.481. The molecule has 3 aliphatic rings. The average molecular weight is 511 g/mol. The van der Waals surface area contributed by atoms with Gasteiger partial charge >= 0.3 is 0 Å². The number of anilines is 1. The number of amides is 2. The van der Waals surface area contributed by atoms with E-state index in [0.29, 0.717) is 24.4 Å². The molecule has 2 aromatic rings. The van der Waals surface area contributed by atoms with Crippen molar-refractivity contribution in [3.8, 4) is 0 Å². The summed E-state index contributed by atoms with van der Waals surface area (Å²) in [6, 6.07) is 13.7. The van der Waals surface area contributed by atoms with Crippen LogP contribution >= 0.6 is 0 Å². The molecule has 0 atom stereocenters. The fourth-order valence-corrected chi connectivity index (χ4v) is 7.65. The third-order valence-electron chi connectivity index (χ3n) is 7.61. The Morgan fingerprint density at radius 1 is 1.03 bits per heavy atom. The lowest BCUT2D eigenvalue weighted by atomic mass is 9.86. The number of hydrogen-bond donors (Lipinski definition) is 1. The molecule has 2 heterocycles. The van der Waals surface area contributed by atoms with Gasteiger partial charge in [0.15, 0.2) is 0 Å². The summed E-state index contributed by atoms with van der Waals surface area (Å²) >= 11 is 0. The van der Waals surface area contributed by atoms with Gasteiger partial charge in [-0.1, -0.05) is 35.9 Å². The van der Waals surface area contributed by atoms with E-state index in [1.807, 2.05) is 63.2 Å². The van der Waals surface area contributed by atoms with Crippen molar-refractivity contribution < 1.29 is 18.0 Å². The summed E-state index contributed by atoms with van der Waals surface area (Å²) in [5.41, 5.74) is 2.54. The van der Waals surface area contributed by atoms with E-state index in [4.69, 9.17) is 0 Å². The van der Waals surface area contributed by atoms with E-state index in [2.05, 4.69) is 10.2 Å². The highest BCUT2D eigenvalue weighted by Gasteiger charge is 2.55. The van der Waals surface area contributed by atoms with Crippen LogP contribution in [0.3, 0.4) is 0 Å². The Morgan fingerprint density at radius 3 is 2.22 bits per heavy atom. The Labute approximate surface area is 213 Å². The molecule has 9 heteroatoms. The number of piperidine rings is 1. The summed E-state index contributed by atoms with van der Waals surface area (Å²) in [6.07, 6.45) is 2.71. The van der Waals surface area contributed by atoms with Gasteiger partial charge in [0.1, 0.15) is 12.1 Å². The standard InChI is InChI=1S/C27H34N4O4S/c1-19-15-20(2)25(21(3)16-19)36(34,35)30-13-11-27(12-14-30)26(33)29(17-24(32)28-22-9-10-22)18-31(27)23-7-5-4-6-8-23/h4-8,15-16,22H,9-14,17-18H2,1-3H3,(H,28,32). The number of hydrogen-bond acceptors (Lipinski definition) is 5. The maximum atomic E-state index is 13.8. The number of para-hydroxylation sites is 1. The van der Waals surface area contributed by atoms with Gasteiger partial charge in [-0.2, -0.15) is 4.31 Å². The molecule has 2 aromatic carbocycles. The molecule has 8 nitrogen and oxygen atoms in total. The van der Waals surface area contributed by atoms with Crippen molar-refractivity contribution in [3.63, 3.8) is 0 Å². The van der Waals surface area contributed by atoms with Crippen molar-refractivity contribution in [1.29, 1.82) is 0 Å². The van der Waals surface area contributed by atoms with Gasteiger partial charge in [0, 0.05) is 24.8 Å². The van der Waals surface area contributed by atoms with Crippen LogP contribution in [0.5, 0.6) is 0 Å². The molecule has 0 aromatic heterocycles. The van der Waals surface area contributed by atoms with E-state index in [0.717, 1.165) is 35.2 Å². The molecule has 2 amide bonds. The topological polar surface area (TPSA) is 90.0 Å². The largest absolute Gasteiger partial charge is 0.352 e. The number of carbonyl (C=O) groups is 2. The summed E-state index contributed by atoms with van der Waals surface area (Å²) < 4.78 is 28.8. The molecule has 0 unspecified atom stereocenters. The summed E-state index contributed by atoms with van der Waals surface area (Å²) in [5.74, 6) is -0.238. The second-order valence-corrected chi connectivity index (χ2v) is 12.3. The molecular formula is C27H34N4O4S. The first-order valence-corrected chi connectivity index (χ1v) is 14.1. The van der Waals surface area contributed by atoms with E-state index < -0.39 is 15.6 Å². The lowest BCUT2D eigenvalue weighted by Crippen LogP contribution is -2.57. The average Bonchev–Trinajstić information content (AvgIpc) is 3.60. The monoisotopic (exact) mass is 510 g/mol. The molecule has 36 heavy (non-hydrogen) atoms. The summed E-state index contributed by atoms with van der Waals surface area (Å²) in [5, 5.41) is 2.97. The number of nitrogens with one attached hydrogen (secondary N) is 1. The minimum absolute atomic E-state index is 0.0180. The highest BCUT2D eigenvalue weighted by Crippen LogP contribution is 2.41. The smallest absolute Gasteiger partial charge is 0.250 e. The maximum absolute atomic E-state index is 13.8. The Hall–Kier alpha value is -2.91. The minimum atomic E-state index is -3.70. The van der Waals surface area contributed by atoms with E-state index in [9.17, 15) is 18.0 Å². The molecule has 1 N–H and O–H groups in total. The molecule has 3 fully saturated rings. The normalized spacial score (nSPS) is 20.2. The summed E-state index contributed by atoms with van der Waals surface area (Å²) in [6.45, 7) is 6.44. The van der Waals surface area contributed by atoms with Gasteiger partial charge in [0.25, 0.3) is 0 Å². The van der Waals surface area contributed by atoms with Crippen molar-refractivity contribution in [2.75, 3.05) is 31.2 Å². The van der Waals surface area contributed by atoms with Crippen molar-refractivity contribution in [2.24, 2.45) is 0 Å². The SMILES string of the molecule is Cc1cc(C)c(S(=O)(=O)N2CCC3(CC2)C(=O)N(CC(=O)NC2CC2)CN3c2ccccc2)c(C)c1. The molecule has 2 aliphatic heterocycles. The zero-order valence-electron chi connectivity index (χ0n) is 21.2. The minimum Gasteiger partial charge on any atom is -0.352 e. The molecule has 192 valence electrons. The van der Waals surface area contributed by atoms with Gasteiger partial charge < -0.3 is 15.1 Å². The molecular weight excluding hydrogens is 476 g/mol. The highest BCUT2D eigenvalue weighted by atomic mass is 32.2. The van der Waals surface area contributed by atoms with Gasteiger partial charge in [0.05, 0.1) is 11.6 Å². The molecule has 5 rings (SSSR count). The van der Waals surface area contributed by atoms with Crippen LogP contribution in [0.4, 0.5) is 5.69 Å². The van der Waals surface area contributed by atoms with Crippen LogP contribution in [-0.2, 0) is 19.6 Å². The van der Waals surface area contributed by atoms with Gasteiger partial charge in [-0.3, -0.25) is 9.59 Å². The Balaban J connectivity index is 1.40. The number of rotatable bonds is 6. The Kier molecular flexibility index (Phi) is 6.32. The zero-order valence-corrected chi connectivity index (χ0v) is 22.0. The van der Waals surface area contributed by atoms with Crippen molar-refractivity contribution >= 4 is 27.5 Å². The molecule has 1 saturated carbocycles. The third-order valence-corrected chi connectivity index (χ3v) is 9.82. The molecule has 0 bridgehead atoms. The van der Waals surface area contributed by atoms with Crippen LogP contribution in [0, 0.1) is 20.8 Å². The van der Waals surface area contributed by atoms with E-state index in [-0.39, 0.29) is 37.5 Å². The first-order chi connectivity index (χ1) is 17.1. The summed E-state index contributed by atoms with van der Waals surface area (Å²) in [7, 11) is -3.70. The lowest BCUT2D eigenvalue weighted by Gasteiger charge is -2.43. The molecule has 2 saturated heterocycles. The second-order valence-electron chi connectivity index (χ2n) is 10.4. The predicted molar refractivity (Wildman–Crippen MR) is 138 cm³/mol. The van der Waals surface area contributed by atoms with Gasteiger partial charge in [-0.05, 0) is 69.7 Å². The lowest BCUT2D eigenvalue weighted by molar-refractivity contribution is -0.137. The zero-order chi connectivity index (χ0) is 25.7. The number of carbonyl (C=O) groups excluding carboxylic acids is 2. The number of aryl methyl sites for hydroxylation is 3. The van der Waals surface area contributed by atoms with Crippen molar-refractivity contribution in [3.05, 3.63) is 59.2 Å². The molecule has 1 aliphatic carbocycles. The maximum Gasteiger partial charge on any atom is 0.250 e. The first-order valence-electron chi connectivity index (χ1n) is 12.6. The third kappa shape index (κ3) is 4.39. The van der Waals surface area contributed by atoms with E-state index in [1.54, 1.807) is 4.90 Å². The highest BCUT2D eigenvalue weighted by molar-refractivity contribution is 7.89. The van der Waals surface area contributed by atoms with E-state index in [1.165, 1.54) is 4.31 Å². The molecule has 1 spiro atoms. The quantitative estimate of drug-likeness (QED) is 0.646. The van der Waals surface area contributed by atoms with Gasteiger partial charge in [0.2, 0.25) is 21.8 Å². The first kappa shape index (κ1) is 24.8. The number of nitrogens with zero attached hydrogens (tertiary/aromatic N) is 3. The van der Waals surface area contributed by atoms with Gasteiger partial charge in [-0.25, -0.2) is 8.42 Å². The molecule has 0 radical (unpaired) electrons. The number of sulfonamides is 1. The Morgan fingerprint density at radius 2 is 1.64 bits per heavy atom. The van der Waals surface area contributed by atoms with Crippen LogP contribution in [0.25, 0.3) is 0 Å². The van der Waals surface area contributed by atoms with Gasteiger partial charge in [-0.15, -0.1) is 0 Å². The van der Waals surface area contributed by atoms with Crippen molar-refractivity contribution in [2.45, 2.75) is 62.9 Å². The van der Waals surface area contributed by atoms with Crippen LogP contribution in [0.15, 0.2) is 47.4 Å². The van der Waals surface area contributed by atoms with Crippen LogP contribution < -0.4 is 10.2 Å². The summed E-state index contributed by atoms with van der Waals surface area (Å²) in [4.78, 5) is 30.4. The number of benzene rings is 2. The van der Waals surface area contributed by atoms with Crippen LogP contribution in [-0.4, -0.2) is 67.3 Å². The van der Waals surface area contributed by atoms with E-state index >= 15 is 0 Å². The van der Waals surface area contributed by atoms with Crippen molar-refractivity contribution in [1.82, 2.24) is 14.5 Å².